The van der Waals surface area contributed by atoms with E-state index in [1.807, 2.05) is 6.07 Å². The fourth-order valence-corrected chi connectivity index (χ4v) is 2.82. The summed E-state index contributed by atoms with van der Waals surface area (Å²) < 4.78 is 5.71. The van der Waals surface area contributed by atoms with E-state index in [1.165, 1.54) is 16.7 Å². The van der Waals surface area contributed by atoms with Gasteiger partial charge >= 0.3 is 0 Å². The third-order valence-electron chi connectivity index (χ3n) is 4.05. The number of aryl methyl sites for hydroxylation is 1. The Balaban J connectivity index is 1.61. The minimum atomic E-state index is 0.559. The first-order chi connectivity index (χ1) is 9.84. The molecular weight excluding hydrogens is 246 g/mol. The molecule has 0 aromatic heterocycles. The van der Waals surface area contributed by atoms with Gasteiger partial charge in [0.25, 0.3) is 0 Å². The highest BCUT2D eigenvalue weighted by atomic mass is 16.5. The smallest absolute Gasteiger partial charge is 0.122 e. The van der Waals surface area contributed by atoms with Crippen LogP contribution in [0.5, 0.6) is 5.75 Å². The maximum atomic E-state index is 5.71. The minimum absolute atomic E-state index is 0.559. The molecule has 0 fully saturated rings. The van der Waals surface area contributed by atoms with Crippen molar-refractivity contribution in [2.45, 2.75) is 25.8 Å². The van der Waals surface area contributed by atoms with Gasteiger partial charge in [-0.3, -0.25) is 0 Å². The van der Waals surface area contributed by atoms with Gasteiger partial charge in [0.1, 0.15) is 5.75 Å². The zero-order valence-electron chi connectivity index (χ0n) is 11.9. The van der Waals surface area contributed by atoms with Gasteiger partial charge in [-0.15, -0.1) is 0 Å². The molecule has 0 saturated carbocycles. The summed E-state index contributed by atoms with van der Waals surface area (Å²) in [5.74, 6) is 1.62. The average molecular weight is 267 g/mol. The van der Waals surface area contributed by atoms with Gasteiger partial charge in [0, 0.05) is 19.0 Å². The molecule has 1 aliphatic heterocycles. The Hall–Kier alpha value is -1.80. The molecule has 1 atom stereocenters. The average Bonchev–Trinajstić information content (AvgIpc) is 2.49. The first-order valence-electron chi connectivity index (χ1n) is 7.31. The molecule has 0 saturated heterocycles. The molecule has 0 amide bonds. The zero-order chi connectivity index (χ0) is 13.8. The van der Waals surface area contributed by atoms with Crippen molar-refractivity contribution in [2.24, 2.45) is 0 Å². The van der Waals surface area contributed by atoms with E-state index in [0.29, 0.717) is 5.92 Å². The number of hydrogen-bond acceptors (Lipinski definition) is 2. The van der Waals surface area contributed by atoms with Crippen LogP contribution in [0.25, 0.3) is 0 Å². The topological polar surface area (TPSA) is 21.3 Å². The lowest BCUT2D eigenvalue weighted by Gasteiger charge is -2.26. The number of nitrogens with one attached hydrogen (secondary N) is 1. The van der Waals surface area contributed by atoms with Crippen molar-refractivity contribution in [3.05, 3.63) is 65.2 Å². The predicted octanol–water partition coefficient (Wildman–Crippen LogP) is 3.65. The van der Waals surface area contributed by atoms with Crippen molar-refractivity contribution in [3.63, 3.8) is 0 Å². The van der Waals surface area contributed by atoms with Crippen molar-refractivity contribution in [1.82, 2.24) is 5.32 Å². The molecule has 1 N–H and O–H groups in total. The van der Waals surface area contributed by atoms with E-state index >= 15 is 0 Å². The van der Waals surface area contributed by atoms with Crippen LogP contribution in [0.4, 0.5) is 0 Å². The predicted molar refractivity (Wildman–Crippen MR) is 82.2 cm³/mol. The summed E-state index contributed by atoms with van der Waals surface area (Å²) in [7, 11) is 0. The lowest BCUT2D eigenvalue weighted by Crippen LogP contribution is -2.25. The van der Waals surface area contributed by atoms with Gasteiger partial charge in [-0.05, 0) is 36.1 Å². The Morgan fingerprint density at radius 1 is 1.10 bits per heavy atom. The number of hydrogen-bond donors (Lipinski definition) is 1. The number of ether oxygens (including phenoxy) is 1. The molecule has 1 unspecified atom stereocenters. The van der Waals surface area contributed by atoms with E-state index < -0.39 is 0 Å². The molecule has 2 aromatic rings. The van der Waals surface area contributed by atoms with E-state index in [2.05, 4.69) is 54.7 Å². The lowest BCUT2D eigenvalue weighted by atomic mass is 9.93. The van der Waals surface area contributed by atoms with Gasteiger partial charge in [0.15, 0.2) is 0 Å². The number of fused-ring (bicyclic) bond motifs is 1. The zero-order valence-corrected chi connectivity index (χ0v) is 11.9. The maximum Gasteiger partial charge on any atom is 0.122 e. The van der Waals surface area contributed by atoms with Crippen LogP contribution in [0.3, 0.4) is 0 Å². The van der Waals surface area contributed by atoms with Crippen molar-refractivity contribution in [1.29, 1.82) is 0 Å². The van der Waals surface area contributed by atoms with Crippen LogP contribution in [0, 0.1) is 6.92 Å². The third-order valence-corrected chi connectivity index (χ3v) is 4.05. The first-order valence-corrected chi connectivity index (χ1v) is 7.31. The minimum Gasteiger partial charge on any atom is -0.493 e. The van der Waals surface area contributed by atoms with Crippen LogP contribution in [-0.2, 0) is 6.54 Å². The van der Waals surface area contributed by atoms with E-state index in [0.717, 1.165) is 31.9 Å². The highest BCUT2D eigenvalue weighted by Crippen LogP contribution is 2.32. The molecule has 2 nitrogen and oxygen atoms in total. The summed E-state index contributed by atoms with van der Waals surface area (Å²) in [6, 6.07) is 17.0. The maximum absolute atomic E-state index is 5.71. The van der Waals surface area contributed by atoms with Crippen LogP contribution >= 0.6 is 0 Å². The van der Waals surface area contributed by atoms with Crippen LogP contribution in [0.15, 0.2) is 48.5 Å². The molecule has 0 bridgehead atoms. The summed E-state index contributed by atoms with van der Waals surface area (Å²) in [4.78, 5) is 0. The molecule has 2 heteroatoms. The van der Waals surface area contributed by atoms with Crippen molar-refractivity contribution >= 4 is 0 Å². The van der Waals surface area contributed by atoms with Crippen LogP contribution in [0.1, 0.15) is 29.0 Å². The van der Waals surface area contributed by atoms with Gasteiger partial charge in [-0.1, -0.05) is 42.5 Å². The monoisotopic (exact) mass is 267 g/mol. The highest BCUT2D eigenvalue weighted by molar-refractivity contribution is 5.38. The Kier molecular flexibility index (Phi) is 4.03. The molecule has 1 heterocycles. The highest BCUT2D eigenvalue weighted by Gasteiger charge is 2.20. The van der Waals surface area contributed by atoms with Crippen LogP contribution in [0.2, 0.25) is 0 Å². The molecule has 104 valence electrons. The van der Waals surface area contributed by atoms with Crippen molar-refractivity contribution in [3.8, 4) is 5.75 Å². The lowest BCUT2D eigenvalue weighted by molar-refractivity contribution is 0.264. The second kappa shape index (κ2) is 6.10. The molecule has 3 rings (SSSR count). The first kappa shape index (κ1) is 13.2. The van der Waals surface area contributed by atoms with E-state index in [1.54, 1.807) is 0 Å². The summed E-state index contributed by atoms with van der Waals surface area (Å²) in [5, 5.41) is 3.60. The Labute approximate surface area is 120 Å². The van der Waals surface area contributed by atoms with Gasteiger partial charge in [-0.25, -0.2) is 0 Å². The van der Waals surface area contributed by atoms with Gasteiger partial charge in [-0.2, -0.15) is 0 Å². The summed E-state index contributed by atoms with van der Waals surface area (Å²) in [6.45, 7) is 4.94. The fourth-order valence-electron chi connectivity index (χ4n) is 2.82. The van der Waals surface area contributed by atoms with Gasteiger partial charge in [0.05, 0.1) is 6.61 Å². The molecule has 0 radical (unpaired) electrons. The normalized spacial score (nSPS) is 17.4. The van der Waals surface area contributed by atoms with Crippen LogP contribution < -0.4 is 10.1 Å². The number of para-hydroxylation sites is 1. The standard InChI is InChI=1S/C18H21NO/c1-14-6-2-3-7-15(14)12-19-13-16-10-11-20-18-9-5-4-8-17(16)18/h2-9,16,19H,10-13H2,1H3. The number of benzene rings is 2. The van der Waals surface area contributed by atoms with Crippen molar-refractivity contribution in [2.75, 3.05) is 13.2 Å². The molecule has 2 aromatic carbocycles. The van der Waals surface area contributed by atoms with E-state index in [4.69, 9.17) is 4.74 Å². The molecular formula is C18H21NO. The Morgan fingerprint density at radius 2 is 1.90 bits per heavy atom. The van der Waals surface area contributed by atoms with Gasteiger partial charge < -0.3 is 10.1 Å². The molecule has 1 aliphatic rings. The van der Waals surface area contributed by atoms with Gasteiger partial charge in [0.2, 0.25) is 0 Å². The van der Waals surface area contributed by atoms with Crippen LogP contribution in [-0.4, -0.2) is 13.2 Å². The molecule has 20 heavy (non-hydrogen) atoms. The van der Waals surface area contributed by atoms with Crippen molar-refractivity contribution < 1.29 is 4.74 Å². The summed E-state index contributed by atoms with van der Waals surface area (Å²) in [5.41, 5.74) is 4.08. The Morgan fingerprint density at radius 3 is 2.80 bits per heavy atom. The Bertz CT molecular complexity index is 579. The summed E-state index contributed by atoms with van der Waals surface area (Å²) in [6.07, 6.45) is 1.10. The second-order valence-electron chi connectivity index (χ2n) is 5.43. The quantitative estimate of drug-likeness (QED) is 0.913. The second-order valence-corrected chi connectivity index (χ2v) is 5.43. The summed E-state index contributed by atoms with van der Waals surface area (Å²) >= 11 is 0. The third kappa shape index (κ3) is 2.86. The SMILES string of the molecule is Cc1ccccc1CNCC1CCOc2ccccc21. The largest absolute Gasteiger partial charge is 0.493 e. The number of rotatable bonds is 4. The molecule has 0 spiro atoms. The van der Waals surface area contributed by atoms with E-state index in [-0.39, 0.29) is 0 Å². The molecule has 0 aliphatic carbocycles. The fraction of sp³-hybridized carbons (Fsp3) is 0.333. The van der Waals surface area contributed by atoms with E-state index in [9.17, 15) is 0 Å².